The molecule has 0 saturated heterocycles. The van der Waals surface area contributed by atoms with Gasteiger partial charge in [-0.2, -0.15) is 0 Å². The second kappa shape index (κ2) is 7.38. The molecule has 0 bridgehead atoms. The molecule has 0 fully saturated rings. The van der Waals surface area contributed by atoms with Crippen molar-refractivity contribution in [1.82, 2.24) is 10.3 Å². The Hall–Kier alpha value is -0.910. The fraction of sp³-hybridized carbons (Fsp3) is 0.438. The molecule has 21 heavy (non-hydrogen) atoms. The Bertz CT molecular complexity index is 612. The number of aromatic nitrogens is 1. The van der Waals surface area contributed by atoms with Crippen molar-refractivity contribution in [2.24, 2.45) is 0 Å². The Kier molecular flexibility index (Phi) is 5.79. The van der Waals surface area contributed by atoms with Gasteiger partial charge in [0.2, 0.25) is 0 Å². The van der Waals surface area contributed by atoms with Crippen molar-refractivity contribution in [3.05, 3.63) is 33.2 Å². The van der Waals surface area contributed by atoms with Crippen LogP contribution in [0.15, 0.2) is 22.7 Å². The van der Waals surface area contributed by atoms with E-state index in [1.54, 1.807) is 18.4 Å². The van der Waals surface area contributed by atoms with Crippen LogP contribution in [0.5, 0.6) is 5.75 Å². The maximum atomic E-state index is 5.46. The zero-order valence-corrected chi connectivity index (χ0v) is 15.3. The smallest absolute Gasteiger partial charge is 0.129 e. The molecule has 0 aliphatic rings. The van der Waals surface area contributed by atoms with Gasteiger partial charge in [0.25, 0.3) is 0 Å². The Labute approximate surface area is 138 Å². The predicted octanol–water partition coefficient (Wildman–Crippen LogP) is 4.95. The number of aryl methyl sites for hydroxylation is 1. The quantitative estimate of drug-likeness (QED) is 0.782. The normalized spacial score (nSPS) is 12.4. The number of benzene rings is 1. The average molecular weight is 369 g/mol. The summed E-state index contributed by atoms with van der Waals surface area (Å²) >= 11 is 5.26. The average Bonchev–Trinajstić information content (AvgIpc) is 2.86. The Morgan fingerprint density at radius 2 is 2.19 bits per heavy atom. The molecule has 114 valence electrons. The van der Waals surface area contributed by atoms with E-state index in [1.165, 1.54) is 4.88 Å². The standard InChI is InChI=1S/C16H21BrN2OS/c1-5-8-18-10(2)15-11(3)19-16(21-15)13-9-12(17)6-7-14(13)20-4/h6-7,9-10,18H,5,8H2,1-4H3. The van der Waals surface area contributed by atoms with Gasteiger partial charge in [-0.15, -0.1) is 11.3 Å². The second-order valence-corrected chi connectivity index (χ2v) is 6.94. The van der Waals surface area contributed by atoms with Gasteiger partial charge in [-0.3, -0.25) is 0 Å². The lowest BCUT2D eigenvalue weighted by Crippen LogP contribution is -2.18. The fourth-order valence-corrected chi connectivity index (χ4v) is 3.70. The summed E-state index contributed by atoms with van der Waals surface area (Å²) in [5, 5.41) is 4.53. The van der Waals surface area contributed by atoms with Crippen molar-refractivity contribution in [2.75, 3.05) is 13.7 Å². The van der Waals surface area contributed by atoms with Crippen molar-refractivity contribution >= 4 is 27.3 Å². The molecule has 0 spiro atoms. The van der Waals surface area contributed by atoms with Crippen molar-refractivity contribution in [1.29, 1.82) is 0 Å². The number of hydrogen-bond donors (Lipinski definition) is 1. The van der Waals surface area contributed by atoms with Gasteiger partial charge in [-0.1, -0.05) is 22.9 Å². The molecule has 5 heteroatoms. The maximum absolute atomic E-state index is 5.46. The number of rotatable bonds is 6. The highest BCUT2D eigenvalue weighted by molar-refractivity contribution is 9.10. The molecule has 0 amide bonds. The van der Waals surface area contributed by atoms with Gasteiger partial charge in [-0.05, 0) is 45.0 Å². The number of nitrogens with zero attached hydrogens (tertiary/aromatic N) is 1. The minimum atomic E-state index is 0.328. The SMILES string of the molecule is CCCNC(C)c1sc(-c2cc(Br)ccc2OC)nc1C. The van der Waals surface area contributed by atoms with E-state index in [0.29, 0.717) is 6.04 Å². The van der Waals surface area contributed by atoms with Crippen molar-refractivity contribution in [3.63, 3.8) is 0 Å². The van der Waals surface area contributed by atoms with E-state index in [9.17, 15) is 0 Å². The number of nitrogens with one attached hydrogen (secondary N) is 1. The number of ether oxygens (including phenoxy) is 1. The van der Waals surface area contributed by atoms with Crippen molar-refractivity contribution in [2.45, 2.75) is 33.2 Å². The first-order valence-corrected chi connectivity index (χ1v) is 8.72. The summed E-state index contributed by atoms with van der Waals surface area (Å²) in [5.41, 5.74) is 2.13. The molecule has 3 nitrogen and oxygen atoms in total. The number of thiazole rings is 1. The molecule has 0 saturated carbocycles. The van der Waals surface area contributed by atoms with Crippen molar-refractivity contribution < 1.29 is 4.74 Å². The maximum Gasteiger partial charge on any atom is 0.129 e. The number of hydrogen-bond acceptors (Lipinski definition) is 4. The summed E-state index contributed by atoms with van der Waals surface area (Å²) in [6, 6.07) is 6.34. The summed E-state index contributed by atoms with van der Waals surface area (Å²) in [5.74, 6) is 0.854. The largest absolute Gasteiger partial charge is 0.496 e. The third kappa shape index (κ3) is 3.84. The summed E-state index contributed by atoms with van der Waals surface area (Å²) in [6.07, 6.45) is 1.13. The first-order chi connectivity index (χ1) is 10.1. The fourth-order valence-electron chi connectivity index (χ4n) is 2.23. The van der Waals surface area contributed by atoms with Crippen LogP contribution in [-0.2, 0) is 0 Å². The lowest BCUT2D eigenvalue weighted by Gasteiger charge is -2.11. The van der Waals surface area contributed by atoms with Crippen LogP contribution >= 0.6 is 27.3 Å². The van der Waals surface area contributed by atoms with E-state index >= 15 is 0 Å². The van der Waals surface area contributed by atoms with E-state index in [2.05, 4.69) is 48.1 Å². The van der Waals surface area contributed by atoms with Crippen LogP contribution in [-0.4, -0.2) is 18.6 Å². The topological polar surface area (TPSA) is 34.1 Å². The summed E-state index contributed by atoms with van der Waals surface area (Å²) in [7, 11) is 1.69. The van der Waals surface area contributed by atoms with Crippen LogP contribution in [0.4, 0.5) is 0 Å². The van der Waals surface area contributed by atoms with E-state index < -0.39 is 0 Å². The zero-order valence-electron chi connectivity index (χ0n) is 12.9. The predicted molar refractivity (Wildman–Crippen MR) is 93.2 cm³/mol. The second-order valence-electron chi connectivity index (χ2n) is 4.99. The van der Waals surface area contributed by atoms with Crippen LogP contribution in [0.3, 0.4) is 0 Å². The number of halogens is 1. The number of methoxy groups -OCH3 is 1. The first-order valence-electron chi connectivity index (χ1n) is 7.11. The van der Waals surface area contributed by atoms with E-state index in [4.69, 9.17) is 9.72 Å². The zero-order chi connectivity index (χ0) is 15.4. The highest BCUT2D eigenvalue weighted by atomic mass is 79.9. The molecule has 1 unspecified atom stereocenters. The summed E-state index contributed by atoms with van der Waals surface area (Å²) in [6.45, 7) is 7.47. The molecule has 0 aliphatic carbocycles. The Balaban J connectivity index is 2.36. The highest BCUT2D eigenvalue weighted by Crippen LogP contribution is 2.37. The third-order valence-corrected chi connectivity index (χ3v) is 5.18. The van der Waals surface area contributed by atoms with Gasteiger partial charge < -0.3 is 10.1 Å². The van der Waals surface area contributed by atoms with Crippen LogP contribution in [0.1, 0.15) is 36.9 Å². The Morgan fingerprint density at radius 3 is 2.86 bits per heavy atom. The molecule has 2 aromatic rings. The summed E-state index contributed by atoms with van der Waals surface area (Å²) < 4.78 is 6.49. The van der Waals surface area contributed by atoms with Gasteiger partial charge in [0.1, 0.15) is 10.8 Å². The Morgan fingerprint density at radius 1 is 1.43 bits per heavy atom. The molecule has 1 atom stereocenters. The van der Waals surface area contributed by atoms with Gasteiger partial charge in [0.15, 0.2) is 0 Å². The molecule has 2 rings (SSSR count). The van der Waals surface area contributed by atoms with Crippen LogP contribution in [0.25, 0.3) is 10.6 Å². The molecular weight excluding hydrogens is 348 g/mol. The van der Waals surface area contributed by atoms with Crippen LogP contribution < -0.4 is 10.1 Å². The molecular formula is C16H21BrN2OS. The third-order valence-electron chi connectivity index (χ3n) is 3.32. The minimum Gasteiger partial charge on any atom is -0.496 e. The van der Waals surface area contributed by atoms with Gasteiger partial charge >= 0.3 is 0 Å². The highest BCUT2D eigenvalue weighted by Gasteiger charge is 2.17. The molecule has 1 heterocycles. The lowest BCUT2D eigenvalue weighted by molar-refractivity contribution is 0.416. The molecule has 1 N–H and O–H groups in total. The molecule has 1 aromatic heterocycles. The lowest BCUT2D eigenvalue weighted by atomic mass is 10.2. The monoisotopic (exact) mass is 368 g/mol. The van der Waals surface area contributed by atoms with E-state index in [-0.39, 0.29) is 0 Å². The van der Waals surface area contributed by atoms with Gasteiger partial charge in [-0.25, -0.2) is 4.98 Å². The van der Waals surface area contributed by atoms with E-state index in [0.717, 1.165) is 39.5 Å². The van der Waals surface area contributed by atoms with Crippen LogP contribution in [0, 0.1) is 6.92 Å². The van der Waals surface area contributed by atoms with Crippen LogP contribution in [0.2, 0.25) is 0 Å². The van der Waals surface area contributed by atoms with Gasteiger partial charge in [0.05, 0.1) is 18.4 Å². The summed E-state index contributed by atoms with van der Waals surface area (Å²) in [4.78, 5) is 6.03. The van der Waals surface area contributed by atoms with Gasteiger partial charge in [0, 0.05) is 15.4 Å². The molecule has 1 aromatic carbocycles. The minimum absolute atomic E-state index is 0.328. The van der Waals surface area contributed by atoms with Crippen molar-refractivity contribution in [3.8, 4) is 16.3 Å². The van der Waals surface area contributed by atoms with E-state index in [1.807, 2.05) is 12.1 Å². The first kappa shape index (κ1) is 16.5. The molecule has 0 aliphatic heterocycles. The molecule has 0 radical (unpaired) electrons.